The summed E-state index contributed by atoms with van der Waals surface area (Å²) in [7, 11) is 4.87. The summed E-state index contributed by atoms with van der Waals surface area (Å²) in [5, 5.41) is 6.91. The minimum atomic E-state index is -0.625. The van der Waals surface area contributed by atoms with Gasteiger partial charge in [-0.25, -0.2) is 4.79 Å². The number of carbonyl (C=O) groups excluding carboxylic acids is 2. The van der Waals surface area contributed by atoms with E-state index >= 15 is 0 Å². The summed E-state index contributed by atoms with van der Waals surface area (Å²) in [6.45, 7) is 3.25. The van der Waals surface area contributed by atoms with Crippen LogP contribution >= 0.6 is 0 Å². The van der Waals surface area contributed by atoms with E-state index in [0.717, 1.165) is 11.3 Å². The summed E-state index contributed by atoms with van der Waals surface area (Å²) in [5.74, 6) is 0.0890. The Morgan fingerprint density at radius 1 is 1.19 bits per heavy atom. The third kappa shape index (κ3) is 5.10. The highest BCUT2D eigenvalue weighted by Crippen LogP contribution is 2.27. The van der Waals surface area contributed by atoms with Crippen LogP contribution in [0.25, 0.3) is 6.08 Å². The highest BCUT2D eigenvalue weighted by atomic mass is 16.5. The predicted molar refractivity (Wildman–Crippen MR) is 101 cm³/mol. The van der Waals surface area contributed by atoms with E-state index in [0.29, 0.717) is 22.9 Å². The molecule has 0 aliphatic rings. The van der Waals surface area contributed by atoms with Crippen molar-refractivity contribution in [1.82, 2.24) is 9.78 Å². The maximum Gasteiger partial charge on any atom is 0.331 e. The van der Waals surface area contributed by atoms with Gasteiger partial charge in [0, 0.05) is 13.1 Å². The van der Waals surface area contributed by atoms with Gasteiger partial charge in [-0.05, 0) is 37.6 Å². The fourth-order valence-corrected chi connectivity index (χ4v) is 2.44. The number of aryl methyl sites for hydroxylation is 2. The zero-order chi connectivity index (χ0) is 20.0. The Morgan fingerprint density at radius 2 is 1.89 bits per heavy atom. The van der Waals surface area contributed by atoms with Gasteiger partial charge in [0.2, 0.25) is 0 Å². The highest BCUT2D eigenvalue weighted by Gasteiger charge is 2.13. The Kier molecular flexibility index (Phi) is 6.59. The molecule has 1 aromatic heterocycles. The van der Waals surface area contributed by atoms with E-state index in [4.69, 9.17) is 14.2 Å². The molecule has 1 heterocycles. The van der Waals surface area contributed by atoms with Gasteiger partial charge in [-0.3, -0.25) is 9.48 Å². The van der Waals surface area contributed by atoms with Crippen LogP contribution in [0.1, 0.15) is 17.0 Å². The zero-order valence-electron chi connectivity index (χ0n) is 16.0. The molecular formula is C19H23N3O5. The van der Waals surface area contributed by atoms with Crippen LogP contribution in [0.5, 0.6) is 11.5 Å². The van der Waals surface area contributed by atoms with E-state index in [9.17, 15) is 9.59 Å². The lowest BCUT2D eigenvalue weighted by molar-refractivity contribution is -0.142. The maximum absolute atomic E-state index is 12.0. The molecule has 2 rings (SSSR count). The molecule has 27 heavy (non-hydrogen) atoms. The maximum atomic E-state index is 12.0. The topological polar surface area (TPSA) is 91.7 Å². The smallest absolute Gasteiger partial charge is 0.331 e. The second kappa shape index (κ2) is 8.88. The van der Waals surface area contributed by atoms with Crippen molar-refractivity contribution >= 4 is 23.6 Å². The number of nitrogens with zero attached hydrogens (tertiary/aromatic N) is 2. The molecule has 1 aromatic carbocycles. The quantitative estimate of drug-likeness (QED) is 0.591. The zero-order valence-corrected chi connectivity index (χ0v) is 16.0. The predicted octanol–water partition coefficient (Wildman–Crippen LogP) is 2.25. The molecule has 0 aliphatic heterocycles. The van der Waals surface area contributed by atoms with Crippen LogP contribution in [-0.2, 0) is 21.4 Å². The van der Waals surface area contributed by atoms with Gasteiger partial charge >= 0.3 is 5.97 Å². The molecular weight excluding hydrogens is 350 g/mol. The monoisotopic (exact) mass is 373 g/mol. The van der Waals surface area contributed by atoms with Crippen molar-refractivity contribution in [2.75, 3.05) is 26.1 Å². The number of nitrogens with one attached hydrogen (secondary N) is 1. The Labute approximate surface area is 157 Å². The molecule has 0 atom stereocenters. The van der Waals surface area contributed by atoms with Crippen molar-refractivity contribution in [1.29, 1.82) is 0 Å². The third-order valence-electron chi connectivity index (χ3n) is 3.94. The van der Waals surface area contributed by atoms with Gasteiger partial charge in [-0.15, -0.1) is 0 Å². The molecule has 0 fully saturated rings. The van der Waals surface area contributed by atoms with Crippen LogP contribution in [0.3, 0.4) is 0 Å². The first-order chi connectivity index (χ1) is 12.8. The van der Waals surface area contributed by atoms with Crippen molar-refractivity contribution in [2.24, 2.45) is 7.05 Å². The van der Waals surface area contributed by atoms with Crippen molar-refractivity contribution in [3.63, 3.8) is 0 Å². The molecule has 0 unspecified atom stereocenters. The first-order valence-corrected chi connectivity index (χ1v) is 8.22. The Balaban J connectivity index is 1.90. The molecule has 1 amide bonds. The molecule has 1 N–H and O–H groups in total. The number of aromatic nitrogens is 2. The fraction of sp³-hybridized carbons (Fsp3) is 0.316. The molecule has 2 aromatic rings. The average Bonchev–Trinajstić information content (AvgIpc) is 2.90. The molecule has 0 saturated heterocycles. The number of amides is 1. The van der Waals surface area contributed by atoms with Gasteiger partial charge in [-0.1, -0.05) is 6.07 Å². The number of ether oxygens (including phenoxy) is 3. The lowest BCUT2D eigenvalue weighted by Crippen LogP contribution is -2.20. The van der Waals surface area contributed by atoms with E-state index in [1.54, 1.807) is 50.0 Å². The number of carbonyl (C=O) groups is 2. The standard InChI is InChI=1S/C19H23N3O5/c1-12-19(13(2)22(3)21-12)20-17(23)11-27-18(24)9-7-14-6-8-15(25-4)16(10-14)26-5/h6-10H,11H2,1-5H3,(H,20,23)/b9-7+. The second-order valence-electron chi connectivity index (χ2n) is 5.77. The molecule has 144 valence electrons. The second-order valence-corrected chi connectivity index (χ2v) is 5.77. The van der Waals surface area contributed by atoms with E-state index in [2.05, 4.69) is 10.4 Å². The first kappa shape index (κ1) is 20.0. The first-order valence-electron chi connectivity index (χ1n) is 8.22. The Hall–Kier alpha value is -3.29. The van der Waals surface area contributed by atoms with E-state index in [1.165, 1.54) is 13.2 Å². The average molecular weight is 373 g/mol. The summed E-state index contributed by atoms with van der Waals surface area (Å²) in [6.07, 6.45) is 2.81. The van der Waals surface area contributed by atoms with Crippen LogP contribution in [0.2, 0.25) is 0 Å². The van der Waals surface area contributed by atoms with Gasteiger partial charge in [-0.2, -0.15) is 5.10 Å². The normalized spacial score (nSPS) is 10.7. The molecule has 0 aliphatic carbocycles. The molecule has 0 spiro atoms. The van der Waals surface area contributed by atoms with Gasteiger partial charge in [0.05, 0.1) is 31.3 Å². The van der Waals surface area contributed by atoms with E-state index in [1.807, 2.05) is 6.92 Å². The number of benzene rings is 1. The number of hydrogen-bond donors (Lipinski definition) is 1. The minimum Gasteiger partial charge on any atom is -0.493 e. The number of rotatable bonds is 7. The van der Waals surface area contributed by atoms with Gasteiger partial charge in [0.25, 0.3) is 5.91 Å². The van der Waals surface area contributed by atoms with E-state index < -0.39 is 11.9 Å². The number of esters is 1. The van der Waals surface area contributed by atoms with Crippen LogP contribution < -0.4 is 14.8 Å². The fourth-order valence-electron chi connectivity index (χ4n) is 2.44. The van der Waals surface area contributed by atoms with Crippen molar-refractivity contribution in [2.45, 2.75) is 13.8 Å². The lowest BCUT2D eigenvalue weighted by Gasteiger charge is -2.07. The van der Waals surface area contributed by atoms with Gasteiger partial charge < -0.3 is 19.5 Å². The molecule has 0 bridgehead atoms. The minimum absolute atomic E-state index is 0.386. The highest BCUT2D eigenvalue weighted by molar-refractivity contribution is 5.95. The van der Waals surface area contributed by atoms with Crippen molar-refractivity contribution in [3.05, 3.63) is 41.2 Å². The summed E-state index contributed by atoms with van der Waals surface area (Å²) < 4.78 is 17.0. The van der Waals surface area contributed by atoms with Crippen molar-refractivity contribution in [3.8, 4) is 11.5 Å². The Morgan fingerprint density at radius 3 is 2.48 bits per heavy atom. The van der Waals surface area contributed by atoms with Crippen LogP contribution in [0.4, 0.5) is 5.69 Å². The largest absolute Gasteiger partial charge is 0.493 e. The SMILES string of the molecule is COc1ccc(/C=C/C(=O)OCC(=O)Nc2c(C)nn(C)c2C)cc1OC. The van der Waals surface area contributed by atoms with Crippen molar-refractivity contribution < 1.29 is 23.8 Å². The van der Waals surface area contributed by atoms with Gasteiger partial charge in [0.15, 0.2) is 18.1 Å². The summed E-state index contributed by atoms with van der Waals surface area (Å²) in [5.41, 5.74) is 2.87. The number of methoxy groups -OCH3 is 2. The third-order valence-corrected chi connectivity index (χ3v) is 3.94. The lowest BCUT2D eigenvalue weighted by atomic mass is 10.2. The van der Waals surface area contributed by atoms with Crippen LogP contribution in [0, 0.1) is 13.8 Å². The number of hydrogen-bond acceptors (Lipinski definition) is 6. The Bertz CT molecular complexity index is 870. The van der Waals surface area contributed by atoms with Crippen LogP contribution in [0.15, 0.2) is 24.3 Å². The molecule has 8 heteroatoms. The molecule has 8 nitrogen and oxygen atoms in total. The summed E-state index contributed by atoms with van der Waals surface area (Å²) in [6, 6.07) is 5.23. The summed E-state index contributed by atoms with van der Waals surface area (Å²) >= 11 is 0. The van der Waals surface area contributed by atoms with Crippen LogP contribution in [-0.4, -0.2) is 42.5 Å². The summed E-state index contributed by atoms with van der Waals surface area (Å²) in [4.78, 5) is 23.8. The molecule has 0 saturated carbocycles. The van der Waals surface area contributed by atoms with Gasteiger partial charge in [0.1, 0.15) is 0 Å². The molecule has 0 radical (unpaired) electrons. The number of anilines is 1. The van der Waals surface area contributed by atoms with E-state index in [-0.39, 0.29) is 6.61 Å².